The van der Waals surface area contributed by atoms with E-state index < -0.39 is 0 Å². The van der Waals surface area contributed by atoms with Crippen LogP contribution >= 0.6 is 0 Å². The first-order valence-corrected chi connectivity index (χ1v) is 8.08. The normalized spacial score (nSPS) is 25.1. The van der Waals surface area contributed by atoms with Crippen molar-refractivity contribution in [2.45, 2.75) is 33.1 Å². The molecule has 2 atom stereocenters. The first kappa shape index (κ1) is 15.1. The molecule has 0 spiro atoms. The molecule has 0 bridgehead atoms. The number of likely N-dealkylation sites (tertiary alicyclic amines) is 1. The largest absolute Gasteiger partial charge is 0.337 e. The Morgan fingerprint density at radius 1 is 1.23 bits per heavy atom. The quantitative estimate of drug-likeness (QED) is 0.927. The molecule has 120 valence electrons. The predicted octanol–water partition coefficient (Wildman–Crippen LogP) is 1.89. The fourth-order valence-electron chi connectivity index (χ4n) is 3.25. The number of hydrogen-bond acceptors (Lipinski definition) is 3. The van der Waals surface area contributed by atoms with Gasteiger partial charge in [0.05, 0.1) is 0 Å². The van der Waals surface area contributed by atoms with E-state index in [1.54, 1.807) is 17.8 Å². The van der Waals surface area contributed by atoms with Crippen molar-refractivity contribution in [3.63, 3.8) is 0 Å². The minimum absolute atomic E-state index is 0.0298. The monoisotopic (exact) mass is 304 g/mol. The molecule has 2 fully saturated rings. The summed E-state index contributed by atoms with van der Waals surface area (Å²) in [5.41, 5.74) is 0.412. The Bertz CT molecular complexity index is 581. The molecular formula is C16H24N4O2. The number of carbonyl (C=O) groups is 2. The molecule has 1 aromatic rings. The summed E-state index contributed by atoms with van der Waals surface area (Å²) in [5.74, 6) is 1.76. The standard InChI is InChI=1S/C16H24N4O2/c1-10-6-11(2)9-20(8-10)16(22)13-7-14(19(3)18-13)17-15(21)12-4-5-12/h7,10-12H,4-6,8-9H2,1-3H3,(H,17,21). The van der Waals surface area contributed by atoms with Gasteiger partial charge in [0.2, 0.25) is 5.91 Å². The van der Waals surface area contributed by atoms with Gasteiger partial charge in [-0.2, -0.15) is 5.10 Å². The fourth-order valence-corrected chi connectivity index (χ4v) is 3.25. The highest BCUT2D eigenvalue weighted by molar-refractivity contribution is 5.96. The van der Waals surface area contributed by atoms with Crippen molar-refractivity contribution in [2.75, 3.05) is 18.4 Å². The highest BCUT2D eigenvalue weighted by Gasteiger charge is 2.31. The van der Waals surface area contributed by atoms with E-state index in [-0.39, 0.29) is 17.7 Å². The molecule has 1 aromatic heterocycles. The molecule has 3 rings (SSSR count). The molecule has 1 N–H and O–H groups in total. The highest BCUT2D eigenvalue weighted by Crippen LogP contribution is 2.30. The summed E-state index contributed by atoms with van der Waals surface area (Å²) in [5, 5.41) is 7.14. The number of aryl methyl sites for hydroxylation is 1. The van der Waals surface area contributed by atoms with Crippen LogP contribution in [-0.2, 0) is 11.8 Å². The van der Waals surface area contributed by atoms with Crippen LogP contribution in [0.5, 0.6) is 0 Å². The number of carbonyl (C=O) groups excluding carboxylic acids is 2. The average molecular weight is 304 g/mol. The van der Waals surface area contributed by atoms with Crippen molar-refractivity contribution in [1.82, 2.24) is 14.7 Å². The number of amides is 2. The minimum atomic E-state index is -0.0408. The molecule has 0 radical (unpaired) electrons. The van der Waals surface area contributed by atoms with Gasteiger partial charge in [0.25, 0.3) is 5.91 Å². The van der Waals surface area contributed by atoms with Crippen molar-refractivity contribution < 1.29 is 9.59 Å². The molecule has 0 aromatic carbocycles. The maximum atomic E-state index is 12.6. The number of piperidine rings is 1. The summed E-state index contributed by atoms with van der Waals surface area (Å²) in [7, 11) is 1.75. The molecule has 2 unspecified atom stereocenters. The third-order valence-corrected chi connectivity index (χ3v) is 4.45. The lowest BCUT2D eigenvalue weighted by Crippen LogP contribution is -2.42. The second-order valence-electron chi connectivity index (χ2n) is 6.96. The van der Waals surface area contributed by atoms with Gasteiger partial charge in [0.15, 0.2) is 5.69 Å². The lowest BCUT2D eigenvalue weighted by molar-refractivity contribution is -0.117. The van der Waals surface area contributed by atoms with E-state index in [9.17, 15) is 9.59 Å². The van der Waals surface area contributed by atoms with E-state index >= 15 is 0 Å². The first-order chi connectivity index (χ1) is 10.4. The smallest absolute Gasteiger partial charge is 0.274 e. The maximum Gasteiger partial charge on any atom is 0.274 e. The van der Waals surface area contributed by atoms with E-state index in [0.29, 0.717) is 23.3 Å². The zero-order valence-corrected chi connectivity index (χ0v) is 13.5. The van der Waals surface area contributed by atoms with Crippen LogP contribution in [0.2, 0.25) is 0 Å². The molecule has 2 amide bonds. The number of nitrogens with zero attached hydrogens (tertiary/aromatic N) is 3. The van der Waals surface area contributed by atoms with Gasteiger partial charge >= 0.3 is 0 Å². The van der Waals surface area contributed by atoms with Crippen LogP contribution in [0.3, 0.4) is 0 Å². The molecule has 1 aliphatic heterocycles. The highest BCUT2D eigenvalue weighted by atomic mass is 16.2. The number of aromatic nitrogens is 2. The third kappa shape index (κ3) is 3.15. The van der Waals surface area contributed by atoms with E-state index in [2.05, 4.69) is 24.3 Å². The van der Waals surface area contributed by atoms with Gasteiger partial charge in [0.1, 0.15) is 5.82 Å². The number of rotatable bonds is 3. The van der Waals surface area contributed by atoms with Crippen LogP contribution in [0.15, 0.2) is 6.07 Å². The van der Waals surface area contributed by atoms with Crippen LogP contribution in [0.4, 0.5) is 5.82 Å². The second kappa shape index (κ2) is 5.74. The van der Waals surface area contributed by atoms with Crippen molar-refractivity contribution in [3.05, 3.63) is 11.8 Å². The summed E-state index contributed by atoms with van der Waals surface area (Å²) < 4.78 is 1.57. The van der Waals surface area contributed by atoms with Gasteiger partial charge < -0.3 is 10.2 Å². The van der Waals surface area contributed by atoms with Crippen molar-refractivity contribution in [2.24, 2.45) is 24.8 Å². The summed E-state index contributed by atoms with van der Waals surface area (Å²) in [6, 6.07) is 1.69. The lowest BCUT2D eigenvalue weighted by atomic mass is 9.92. The van der Waals surface area contributed by atoms with E-state index in [0.717, 1.165) is 32.4 Å². The Balaban J connectivity index is 1.71. The van der Waals surface area contributed by atoms with Crippen molar-refractivity contribution in [3.8, 4) is 0 Å². The molecule has 1 saturated heterocycles. The number of anilines is 1. The Morgan fingerprint density at radius 3 is 2.45 bits per heavy atom. The summed E-state index contributed by atoms with van der Waals surface area (Å²) in [6.07, 6.45) is 3.08. The minimum Gasteiger partial charge on any atom is -0.337 e. The second-order valence-corrected chi connectivity index (χ2v) is 6.96. The van der Waals surface area contributed by atoms with Gasteiger partial charge in [-0.25, -0.2) is 0 Å². The van der Waals surface area contributed by atoms with Crippen LogP contribution in [0, 0.1) is 17.8 Å². The maximum absolute atomic E-state index is 12.6. The molecule has 1 aliphatic carbocycles. The third-order valence-electron chi connectivity index (χ3n) is 4.45. The van der Waals surface area contributed by atoms with Gasteiger partial charge in [-0.05, 0) is 31.1 Å². The van der Waals surface area contributed by atoms with Crippen LogP contribution in [0.25, 0.3) is 0 Å². The Kier molecular flexibility index (Phi) is 3.93. The molecule has 1 saturated carbocycles. The Hall–Kier alpha value is -1.85. The van der Waals surface area contributed by atoms with Gasteiger partial charge in [0, 0.05) is 32.1 Å². The Morgan fingerprint density at radius 2 is 1.86 bits per heavy atom. The molecular weight excluding hydrogens is 280 g/mol. The summed E-state index contributed by atoms with van der Waals surface area (Å²) in [4.78, 5) is 26.4. The topological polar surface area (TPSA) is 67.2 Å². The van der Waals surface area contributed by atoms with Crippen molar-refractivity contribution >= 4 is 17.6 Å². The van der Waals surface area contributed by atoms with Crippen LogP contribution in [0.1, 0.15) is 43.6 Å². The van der Waals surface area contributed by atoms with Crippen molar-refractivity contribution in [1.29, 1.82) is 0 Å². The first-order valence-electron chi connectivity index (χ1n) is 8.08. The van der Waals surface area contributed by atoms with Crippen LogP contribution < -0.4 is 5.32 Å². The number of hydrogen-bond donors (Lipinski definition) is 1. The van der Waals surface area contributed by atoms with Gasteiger partial charge in [-0.3, -0.25) is 14.3 Å². The van der Waals surface area contributed by atoms with E-state index in [4.69, 9.17) is 0 Å². The van der Waals surface area contributed by atoms with E-state index in [1.807, 2.05) is 4.90 Å². The molecule has 6 heteroatoms. The summed E-state index contributed by atoms with van der Waals surface area (Å²) >= 11 is 0. The SMILES string of the molecule is CC1CC(C)CN(C(=O)c2cc(NC(=O)C3CC3)n(C)n2)C1. The lowest BCUT2D eigenvalue weighted by Gasteiger charge is -2.34. The van der Waals surface area contributed by atoms with E-state index in [1.165, 1.54) is 0 Å². The molecule has 6 nitrogen and oxygen atoms in total. The summed E-state index contributed by atoms with van der Waals surface area (Å²) in [6.45, 7) is 5.92. The van der Waals surface area contributed by atoms with Gasteiger partial charge in [-0.1, -0.05) is 13.8 Å². The molecule has 2 aliphatic rings. The average Bonchev–Trinajstić information content (AvgIpc) is 3.23. The zero-order chi connectivity index (χ0) is 15.9. The molecule has 22 heavy (non-hydrogen) atoms. The predicted molar refractivity (Wildman–Crippen MR) is 83.4 cm³/mol. The molecule has 2 heterocycles. The van der Waals surface area contributed by atoms with Gasteiger partial charge in [-0.15, -0.1) is 0 Å². The zero-order valence-electron chi connectivity index (χ0n) is 13.5. The Labute approximate surface area is 130 Å². The number of nitrogens with one attached hydrogen (secondary N) is 1. The van der Waals surface area contributed by atoms with Crippen LogP contribution in [-0.4, -0.2) is 39.6 Å². The fraction of sp³-hybridized carbons (Fsp3) is 0.688.